The van der Waals surface area contributed by atoms with Gasteiger partial charge in [0.15, 0.2) is 5.96 Å². The van der Waals surface area contributed by atoms with Gasteiger partial charge >= 0.3 is 0 Å². The normalized spacial score (nSPS) is 11.0. The lowest BCUT2D eigenvalue weighted by atomic mass is 10.2. The smallest absolute Gasteiger partial charge is 0.243 e. The Balaban J connectivity index is 1.86. The van der Waals surface area contributed by atoms with E-state index in [4.69, 9.17) is 11.6 Å². The zero-order valence-corrected chi connectivity index (χ0v) is 14.3. The van der Waals surface area contributed by atoms with Crippen molar-refractivity contribution in [2.45, 2.75) is 13.5 Å². The minimum absolute atomic E-state index is 0.127. The molecule has 0 aliphatic heterocycles. The van der Waals surface area contributed by atoms with Gasteiger partial charge in [0.05, 0.1) is 13.1 Å². The van der Waals surface area contributed by atoms with Gasteiger partial charge in [0.25, 0.3) is 0 Å². The van der Waals surface area contributed by atoms with E-state index in [2.05, 4.69) is 20.9 Å². The fraction of sp³-hybridized carbons (Fsp3) is 0.222. The molecule has 0 radical (unpaired) electrons. The molecule has 0 saturated carbocycles. The molecule has 0 heterocycles. The van der Waals surface area contributed by atoms with Crippen LogP contribution in [0.3, 0.4) is 0 Å². The number of halogens is 1. The lowest BCUT2D eigenvalue weighted by molar-refractivity contribution is -0.115. The van der Waals surface area contributed by atoms with Gasteiger partial charge in [-0.05, 0) is 36.8 Å². The average molecular weight is 345 g/mol. The Morgan fingerprint density at radius 2 is 1.75 bits per heavy atom. The molecular weight excluding hydrogens is 324 g/mol. The molecule has 0 fully saturated rings. The van der Waals surface area contributed by atoms with Crippen molar-refractivity contribution in [3.8, 4) is 0 Å². The summed E-state index contributed by atoms with van der Waals surface area (Å²) in [6.45, 7) is 3.34. The lowest BCUT2D eigenvalue weighted by Crippen LogP contribution is -2.41. The molecule has 1 amide bonds. The van der Waals surface area contributed by atoms with Crippen molar-refractivity contribution in [2.75, 3.05) is 18.4 Å². The van der Waals surface area contributed by atoms with Crippen molar-refractivity contribution < 1.29 is 4.79 Å². The Labute approximate surface area is 147 Å². The van der Waals surface area contributed by atoms with Crippen LogP contribution in [0.2, 0.25) is 5.02 Å². The zero-order valence-electron chi connectivity index (χ0n) is 13.6. The molecule has 3 N–H and O–H groups in total. The molecule has 5 nitrogen and oxygen atoms in total. The topological polar surface area (TPSA) is 65.5 Å². The van der Waals surface area contributed by atoms with E-state index in [1.165, 1.54) is 0 Å². The van der Waals surface area contributed by atoms with Crippen molar-refractivity contribution in [3.05, 3.63) is 65.2 Å². The number of amides is 1. The Hall–Kier alpha value is -2.53. The number of benzene rings is 2. The summed E-state index contributed by atoms with van der Waals surface area (Å²) in [5.74, 6) is 0.467. The number of guanidine groups is 1. The molecule has 0 spiro atoms. The Bertz CT molecular complexity index is 671. The number of carbonyl (C=O) groups is 1. The number of para-hydroxylation sites is 1. The molecule has 0 aliphatic rings. The number of anilines is 1. The van der Waals surface area contributed by atoms with Crippen LogP contribution in [0.5, 0.6) is 0 Å². The minimum atomic E-state index is -0.127. The SMILES string of the molecule is CCNC(=NCc1ccc(Cl)cc1)NCC(=O)Nc1ccccc1. The van der Waals surface area contributed by atoms with Crippen LogP contribution < -0.4 is 16.0 Å². The first-order valence-corrected chi connectivity index (χ1v) is 8.16. The van der Waals surface area contributed by atoms with Gasteiger partial charge in [-0.2, -0.15) is 0 Å². The fourth-order valence-corrected chi connectivity index (χ4v) is 2.12. The van der Waals surface area contributed by atoms with Crippen molar-refractivity contribution in [1.82, 2.24) is 10.6 Å². The van der Waals surface area contributed by atoms with Gasteiger partial charge in [-0.25, -0.2) is 4.99 Å². The van der Waals surface area contributed by atoms with Crippen LogP contribution in [-0.2, 0) is 11.3 Å². The highest BCUT2D eigenvalue weighted by atomic mass is 35.5. The van der Waals surface area contributed by atoms with Gasteiger partial charge in [0.1, 0.15) is 0 Å². The summed E-state index contributed by atoms with van der Waals surface area (Å²) in [5.41, 5.74) is 1.82. The van der Waals surface area contributed by atoms with E-state index in [9.17, 15) is 4.79 Å². The molecule has 0 aliphatic carbocycles. The molecule has 0 aromatic heterocycles. The van der Waals surface area contributed by atoms with Crippen LogP contribution in [0, 0.1) is 0 Å². The number of nitrogens with one attached hydrogen (secondary N) is 3. The van der Waals surface area contributed by atoms with Crippen molar-refractivity contribution in [1.29, 1.82) is 0 Å². The molecule has 2 aromatic carbocycles. The van der Waals surface area contributed by atoms with Gasteiger partial charge < -0.3 is 16.0 Å². The van der Waals surface area contributed by atoms with Gasteiger partial charge in [-0.1, -0.05) is 41.9 Å². The number of aliphatic imine (C=N–C) groups is 1. The third kappa shape index (κ3) is 6.30. The lowest BCUT2D eigenvalue weighted by Gasteiger charge is -2.11. The van der Waals surface area contributed by atoms with Gasteiger partial charge in [-0.3, -0.25) is 4.79 Å². The molecule has 0 unspecified atom stereocenters. The number of carbonyl (C=O) groups excluding carboxylic acids is 1. The van der Waals surface area contributed by atoms with Gasteiger partial charge in [-0.15, -0.1) is 0 Å². The van der Waals surface area contributed by atoms with E-state index >= 15 is 0 Å². The second-order valence-electron chi connectivity index (χ2n) is 5.09. The number of hydrogen-bond acceptors (Lipinski definition) is 2. The van der Waals surface area contributed by atoms with E-state index < -0.39 is 0 Å². The first kappa shape index (κ1) is 17.8. The second-order valence-corrected chi connectivity index (χ2v) is 5.53. The molecule has 2 aromatic rings. The highest BCUT2D eigenvalue weighted by Gasteiger charge is 2.04. The van der Waals surface area contributed by atoms with Crippen LogP contribution in [0.4, 0.5) is 5.69 Å². The standard InChI is InChI=1S/C18H21ClN4O/c1-2-20-18(21-12-14-8-10-15(19)11-9-14)22-13-17(24)23-16-6-4-3-5-7-16/h3-11H,2,12-13H2,1H3,(H,23,24)(H2,20,21,22). The van der Waals surface area contributed by atoms with E-state index in [1.54, 1.807) is 0 Å². The van der Waals surface area contributed by atoms with Crippen LogP contribution in [0.1, 0.15) is 12.5 Å². The van der Waals surface area contributed by atoms with Crippen LogP contribution >= 0.6 is 11.6 Å². The van der Waals surface area contributed by atoms with Gasteiger partial charge in [0, 0.05) is 17.3 Å². The van der Waals surface area contributed by atoms with E-state index in [1.807, 2.05) is 61.5 Å². The van der Waals surface area contributed by atoms with E-state index in [0.29, 0.717) is 24.1 Å². The molecule has 0 bridgehead atoms. The zero-order chi connectivity index (χ0) is 17.2. The Morgan fingerprint density at radius 3 is 2.42 bits per heavy atom. The van der Waals surface area contributed by atoms with E-state index in [-0.39, 0.29) is 12.5 Å². The molecule has 0 saturated heterocycles. The van der Waals surface area contributed by atoms with Crippen LogP contribution in [0.15, 0.2) is 59.6 Å². The quantitative estimate of drug-likeness (QED) is 0.557. The maximum absolute atomic E-state index is 12.0. The molecule has 126 valence electrons. The summed E-state index contributed by atoms with van der Waals surface area (Å²) in [7, 11) is 0. The average Bonchev–Trinajstić information content (AvgIpc) is 2.59. The molecule has 2 rings (SSSR count). The third-order valence-corrected chi connectivity index (χ3v) is 3.40. The maximum atomic E-state index is 12.0. The Morgan fingerprint density at radius 1 is 1.04 bits per heavy atom. The largest absolute Gasteiger partial charge is 0.357 e. The van der Waals surface area contributed by atoms with Crippen molar-refractivity contribution in [2.24, 2.45) is 4.99 Å². The highest BCUT2D eigenvalue weighted by molar-refractivity contribution is 6.30. The molecule has 24 heavy (non-hydrogen) atoms. The number of hydrogen-bond donors (Lipinski definition) is 3. The van der Waals surface area contributed by atoms with Gasteiger partial charge in [0.2, 0.25) is 5.91 Å². The molecular formula is C18H21ClN4O. The number of nitrogens with zero attached hydrogens (tertiary/aromatic N) is 1. The van der Waals surface area contributed by atoms with Crippen molar-refractivity contribution >= 4 is 29.2 Å². The summed E-state index contributed by atoms with van der Waals surface area (Å²) in [6.07, 6.45) is 0. The van der Waals surface area contributed by atoms with Crippen LogP contribution in [0.25, 0.3) is 0 Å². The molecule has 0 atom stereocenters. The predicted molar refractivity (Wildman–Crippen MR) is 99.3 cm³/mol. The summed E-state index contributed by atoms with van der Waals surface area (Å²) in [5, 5.41) is 9.66. The summed E-state index contributed by atoms with van der Waals surface area (Å²) in [6, 6.07) is 16.9. The summed E-state index contributed by atoms with van der Waals surface area (Å²) >= 11 is 5.87. The number of rotatable bonds is 6. The van der Waals surface area contributed by atoms with Crippen LogP contribution in [-0.4, -0.2) is 25.0 Å². The first-order chi connectivity index (χ1) is 11.7. The predicted octanol–water partition coefficient (Wildman–Crippen LogP) is 3.03. The summed E-state index contributed by atoms with van der Waals surface area (Å²) < 4.78 is 0. The third-order valence-electron chi connectivity index (χ3n) is 3.15. The Kier molecular flexibility index (Phi) is 7.11. The summed E-state index contributed by atoms with van der Waals surface area (Å²) in [4.78, 5) is 16.4. The molecule has 6 heteroatoms. The highest BCUT2D eigenvalue weighted by Crippen LogP contribution is 2.10. The van der Waals surface area contributed by atoms with Crippen molar-refractivity contribution in [3.63, 3.8) is 0 Å². The minimum Gasteiger partial charge on any atom is -0.357 e. The maximum Gasteiger partial charge on any atom is 0.243 e. The first-order valence-electron chi connectivity index (χ1n) is 7.79. The van der Waals surface area contributed by atoms with E-state index in [0.717, 1.165) is 11.3 Å². The monoisotopic (exact) mass is 344 g/mol. The second kappa shape index (κ2) is 9.57. The fourth-order valence-electron chi connectivity index (χ4n) is 1.99.